The summed E-state index contributed by atoms with van der Waals surface area (Å²) < 4.78 is 39.1. The maximum atomic E-state index is 13.0. The van der Waals surface area contributed by atoms with E-state index in [1.54, 1.807) is 6.07 Å². The van der Waals surface area contributed by atoms with Gasteiger partial charge in [-0.25, -0.2) is 0 Å². The van der Waals surface area contributed by atoms with E-state index in [1.165, 1.54) is 18.2 Å². The highest BCUT2D eigenvalue weighted by Gasteiger charge is 2.42. The summed E-state index contributed by atoms with van der Waals surface area (Å²) >= 11 is 5.83. The largest absolute Gasteiger partial charge is 0.502 e. The van der Waals surface area contributed by atoms with Gasteiger partial charge in [-0.1, -0.05) is 23.7 Å². The average Bonchev–Trinajstić information content (AvgIpc) is 2.58. The fraction of sp³-hybridized carbons (Fsp3) is 0.188. The standard InChI is InChI=1S/C16H11ClF3N3O4/c17-8-5-10(13(24)12(6-8)23(26)27)14-21-11-4-2-1-3-9(11)15(25)22(14)7-16(18,19)20/h1-6,14,21,24H,7H2/t14-/m0/s1. The van der Waals surface area contributed by atoms with Crippen molar-refractivity contribution in [1.29, 1.82) is 0 Å². The Morgan fingerprint density at radius 2 is 1.96 bits per heavy atom. The van der Waals surface area contributed by atoms with Crippen LogP contribution in [0.25, 0.3) is 0 Å². The van der Waals surface area contributed by atoms with Gasteiger partial charge >= 0.3 is 11.9 Å². The molecule has 0 fully saturated rings. The molecular formula is C16H11ClF3N3O4. The predicted octanol–water partition coefficient (Wildman–Crippen LogP) is 4.08. The second-order valence-corrected chi connectivity index (χ2v) is 6.20. The van der Waals surface area contributed by atoms with Crippen LogP contribution in [0.5, 0.6) is 5.75 Å². The summed E-state index contributed by atoms with van der Waals surface area (Å²) in [7, 11) is 0. The molecule has 1 aliphatic heterocycles. The number of phenolic OH excluding ortho intramolecular Hbond substituents is 1. The van der Waals surface area contributed by atoms with E-state index in [9.17, 15) is 33.2 Å². The molecule has 27 heavy (non-hydrogen) atoms. The molecule has 142 valence electrons. The molecule has 0 aromatic heterocycles. The van der Waals surface area contributed by atoms with E-state index >= 15 is 0 Å². The van der Waals surface area contributed by atoms with Crippen molar-refractivity contribution in [2.45, 2.75) is 12.3 Å². The van der Waals surface area contributed by atoms with Crippen LogP contribution in [-0.2, 0) is 0 Å². The number of amides is 1. The van der Waals surface area contributed by atoms with E-state index in [-0.39, 0.29) is 21.8 Å². The van der Waals surface area contributed by atoms with Gasteiger partial charge in [0.2, 0.25) is 5.75 Å². The van der Waals surface area contributed by atoms with Crippen molar-refractivity contribution >= 4 is 28.9 Å². The number of hydrogen-bond donors (Lipinski definition) is 2. The topological polar surface area (TPSA) is 95.7 Å². The first-order valence-corrected chi connectivity index (χ1v) is 7.86. The zero-order valence-corrected chi connectivity index (χ0v) is 14.1. The van der Waals surface area contributed by atoms with Gasteiger partial charge in [0.25, 0.3) is 5.91 Å². The van der Waals surface area contributed by atoms with Crippen molar-refractivity contribution in [3.63, 3.8) is 0 Å². The molecule has 1 heterocycles. The van der Waals surface area contributed by atoms with Crippen LogP contribution in [0, 0.1) is 10.1 Å². The third-order valence-electron chi connectivity index (χ3n) is 3.95. The molecule has 0 spiro atoms. The number of carbonyl (C=O) groups excluding carboxylic acids is 1. The number of nitrogens with one attached hydrogen (secondary N) is 1. The first kappa shape index (κ1) is 18.8. The van der Waals surface area contributed by atoms with Gasteiger partial charge in [0, 0.05) is 22.3 Å². The minimum atomic E-state index is -4.73. The minimum absolute atomic E-state index is 0.00835. The van der Waals surface area contributed by atoms with Gasteiger partial charge in [0.05, 0.1) is 10.5 Å². The fourth-order valence-electron chi connectivity index (χ4n) is 2.85. The zero-order valence-electron chi connectivity index (χ0n) is 13.3. The number of rotatable bonds is 3. The van der Waals surface area contributed by atoms with E-state index in [1.807, 2.05) is 0 Å². The van der Waals surface area contributed by atoms with Crippen LogP contribution in [0.2, 0.25) is 5.02 Å². The van der Waals surface area contributed by atoms with Gasteiger partial charge in [-0.15, -0.1) is 0 Å². The highest BCUT2D eigenvalue weighted by atomic mass is 35.5. The molecule has 0 saturated heterocycles. The number of nitro groups is 1. The van der Waals surface area contributed by atoms with Gasteiger partial charge in [0.15, 0.2) is 0 Å². The summed E-state index contributed by atoms with van der Waals surface area (Å²) in [4.78, 5) is 23.2. The molecule has 0 unspecified atom stereocenters. The number of halogens is 4. The normalized spacial score (nSPS) is 16.7. The lowest BCUT2D eigenvalue weighted by atomic mass is 10.0. The SMILES string of the molecule is O=C1c2ccccc2N[C@H](c2cc(Cl)cc([N+](=O)[O-])c2O)N1CC(F)(F)F. The maximum Gasteiger partial charge on any atom is 0.406 e. The van der Waals surface area contributed by atoms with E-state index in [2.05, 4.69) is 5.32 Å². The quantitative estimate of drug-likeness (QED) is 0.596. The van der Waals surface area contributed by atoms with Crippen molar-refractivity contribution in [3.05, 3.63) is 62.7 Å². The lowest BCUT2D eigenvalue weighted by molar-refractivity contribution is -0.386. The van der Waals surface area contributed by atoms with E-state index < -0.39 is 41.2 Å². The van der Waals surface area contributed by atoms with Gasteiger partial charge in [-0.05, 0) is 18.2 Å². The van der Waals surface area contributed by atoms with Crippen LogP contribution in [0.15, 0.2) is 36.4 Å². The van der Waals surface area contributed by atoms with Crippen LogP contribution >= 0.6 is 11.6 Å². The Morgan fingerprint density at radius 1 is 1.30 bits per heavy atom. The van der Waals surface area contributed by atoms with Gasteiger partial charge in [0.1, 0.15) is 12.7 Å². The number of anilines is 1. The number of fused-ring (bicyclic) bond motifs is 1. The molecule has 0 saturated carbocycles. The molecule has 2 N–H and O–H groups in total. The van der Waals surface area contributed by atoms with E-state index in [0.717, 1.165) is 12.1 Å². The summed E-state index contributed by atoms with van der Waals surface area (Å²) in [5.74, 6) is -1.81. The van der Waals surface area contributed by atoms with Gasteiger partial charge < -0.3 is 15.3 Å². The number of carbonyl (C=O) groups is 1. The molecule has 1 aliphatic rings. The Balaban J connectivity index is 2.17. The zero-order chi connectivity index (χ0) is 19.9. The lowest BCUT2D eigenvalue weighted by Gasteiger charge is -2.38. The van der Waals surface area contributed by atoms with Crippen molar-refractivity contribution in [1.82, 2.24) is 4.90 Å². The number of aromatic hydroxyl groups is 1. The van der Waals surface area contributed by atoms with Gasteiger partial charge in [-0.3, -0.25) is 14.9 Å². The van der Waals surface area contributed by atoms with Crippen LogP contribution in [-0.4, -0.2) is 33.6 Å². The van der Waals surface area contributed by atoms with Crippen LogP contribution in [0.1, 0.15) is 22.1 Å². The molecule has 0 radical (unpaired) electrons. The Labute approximate surface area is 155 Å². The summed E-state index contributed by atoms with van der Waals surface area (Å²) in [6, 6.07) is 7.83. The lowest BCUT2D eigenvalue weighted by Crippen LogP contribution is -2.47. The number of hydrogen-bond acceptors (Lipinski definition) is 5. The van der Waals surface area contributed by atoms with Crippen molar-refractivity contribution in [2.75, 3.05) is 11.9 Å². The predicted molar refractivity (Wildman–Crippen MR) is 89.7 cm³/mol. The number of nitrogens with zero attached hydrogens (tertiary/aromatic N) is 2. The average molecular weight is 402 g/mol. The number of para-hydroxylation sites is 1. The van der Waals surface area contributed by atoms with Crippen molar-refractivity contribution in [2.24, 2.45) is 0 Å². The molecular weight excluding hydrogens is 391 g/mol. The van der Waals surface area contributed by atoms with Gasteiger partial charge in [-0.2, -0.15) is 13.2 Å². The second kappa shape index (κ2) is 6.62. The number of benzene rings is 2. The maximum absolute atomic E-state index is 13.0. The highest BCUT2D eigenvalue weighted by Crippen LogP contribution is 2.42. The molecule has 1 atom stereocenters. The molecule has 1 amide bonds. The number of alkyl halides is 3. The Hall–Kier alpha value is -3.01. The third-order valence-corrected chi connectivity index (χ3v) is 4.17. The second-order valence-electron chi connectivity index (χ2n) is 5.76. The minimum Gasteiger partial charge on any atom is -0.502 e. The van der Waals surface area contributed by atoms with E-state index in [4.69, 9.17) is 11.6 Å². The summed E-state index contributed by atoms with van der Waals surface area (Å²) in [5, 5.41) is 23.9. The molecule has 2 aromatic rings. The molecule has 0 aliphatic carbocycles. The first-order valence-electron chi connectivity index (χ1n) is 7.48. The van der Waals surface area contributed by atoms with Crippen LogP contribution in [0.4, 0.5) is 24.5 Å². The first-order chi connectivity index (χ1) is 12.6. The summed E-state index contributed by atoms with van der Waals surface area (Å²) in [5.41, 5.74) is -0.860. The number of nitro benzene ring substituents is 1. The third kappa shape index (κ3) is 3.61. The molecule has 0 bridgehead atoms. The Morgan fingerprint density at radius 3 is 2.59 bits per heavy atom. The molecule has 2 aromatic carbocycles. The monoisotopic (exact) mass is 401 g/mol. The summed E-state index contributed by atoms with van der Waals surface area (Å²) in [6.07, 6.45) is -6.24. The fourth-order valence-corrected chi connectivity index (χ4v) is 3.07. The van der Waals surface area contributed by atoms with Crippen molar-refractivity contribution in [3.8, 4) is 5.75 Å². The Kier molecular flexibility index (Phi) is 4.60. The molecule has 3 rings (SSSR count). The smallest absolute Gasteiger partial charge is 0.406 e. The highest BCUT2D eigenvalue weighted by molar-refractivity contribution is 6.31. The van der Waals surface area contributed by atoms with Crippen molar-refractivity contribution < 1.29 is 28.0 Å². The van der Waals surface area contributed by atoms with Crippen LogP contribution < -0.4 is 5.32 Å². The Bertz CT molecular complexity index is 936. The van der Waals surface area contributed by atoms with E-state index in [0.29, 0.717) is 4.90 Å². The summed E-state index contributed by atoms with van der Waals surface area (Å²) in [6.45, 7) is -1.63. The number of phenols is 1. The van der Waals surface area contributed by atoms with Crippen LogP contribution in [0.3, 0.4) is 0 Å². The molecule has 11 heteroatoms. The molecule has 7 nitrogen and oxygen atoms in total.